The van der Waals surface area contributed by atoms with Crippen LogP contribution in [0.4, 0.5) is 10.4 Å². The molecular weight excluding hydrogens is 297 g/mol. The van der Waals surface area contributed by atoms with Crippen LogP contribution in [0.3, 0.4) is 0 Å². The average Bonchev–Trinajstić information content (AvgIpc) is 2.99. The molecule has 0 atom stereocenters. The minimum absolute atomic E-state index is 0.0207. The Labute approximate surface area is 137 Å². The van der Waals surface area contributed by atoms with Crippen LogP contribution >= 0.6 is 0 Å². The number of piperazine rings is 1. The number of hydrogen-bond acceptors (Lipinski definition) is 6. The predicted octanol–water partition coefficient (Wildman–Crippen LogP) is 1.93. The van der Waals surface area contributed by atoms with Crippen LogP contribution in [0.5, 0.6) is 0 Å². The van der Waals surface area contributed by atoms with E-state index in [0.29, 0.717) is 25.0 Å². The lowest BCUT2D eigenvalue weighted by Crippen LogP contribution is -2.59. The highest BCUT2D eigenvalue weighted by Crippen LogP contribution is 2.24. The minimum Gasteiger partial charge on any atom is -0.407 e. The lowest BCUT2D eigenvalue weighted by atomic mass is 9.99. The Balaban J connectivity index is 1.59. The quantitative estimate of drug-likeness (QED) is 0.824. The Morgan fingerprint density at radius 3 is 2.57 bits per heavy atom. The Kier molecular flexibility index (Phi) is 5.16. The van der Waals surface area contributed by atoms with Crippen molar-refractivity contribution in [2.75, 3.05) is 50.8 Å². The first-order chi connectivity index (χ1) is 11.1. The van der Waals surface area contributed by atoms with E-state index in [1.165, 1.54) is 19.3 Å². The normalized spacial score (nSPS) is 23.3. The van der Waals surface area contributed by atoms with E-state index < -0.39 is 0 Å². The van der Waals surface area contributed by atoms with E-state index in [-0.39, 0.29) is 12.2 Å². The van der Waals surface area contributed by atoms with Gasteiger partial charge in [-0.15, -0.1) is 5.10 Å². The third kappa shape index (κ3) is 4.01. The van der Waals surface area contributed by atoms with Crippen LogP contribution in [0.15, 0.2) is 4.42 Å². The lowest BCUT2D eigenvalue weighted by Gasteiger charge is -2.46. The van der Waals surface area contributed by atoms with Gasteiger partial charge in [-0.05, 0) is 33.1 Å². The molecule has 2 saturated heterocycles. The van der Waals surface area contributed by atoms with E-state index >= 15 is 0 Å². The number of alkyl halides is 1. The summed E-state index contributed by atoms with van der Waals surface area (Å²) in [5.41, 5.74) is -0.0207. The number of hydrogen-bond donors (Lipinski definition) is 0. The largest absolute Gasteiger partial charge is 0.407 e. The molecule has 7 heteroatoms. The second-order valence-corrected chi connectivity index (χ2v) is 7.23. The zero-order chi connectivity index (χ0) is 16.3. The monoisotopic (exact) mass is 325 g/mol. The van der Waals surface area contributed by atoms with Crippen molar-refractivity contribution < 1.29 is 8.81 Å². The fourth-order valence-electron chi connectivity index (χ4n) is 3.58. The van der Waals surface area contributed by atoms with E-state index in [1.807, 2.05) is 0 Å². The summed E-state index contributed by atoms with van der Waals surface area (Å²) in [4.78, 5) is 6.73. The summed E-state index contributed by atoms with van der Waals surface area (Å²) in [5.74, 6) is 0.678. The van der Waals surface area contributed by atoms with Crippen LogP contribution < -0.4 is 4.90 Å². The topological polar surface area (TPSA) is 48.6 Å². The molecule has 23 heavy (non-hydrogen) atoms. The molecule has 2 fully saturated rings. The van der Waals surface area contributed by atoms with Crippen LogP contribution in [0.1, 0.15) is 39.0 Å². The Morgan fingerprint density at radius 2 is 1.87 bits per heavy atom. The molecule has 1 aromatic heterocycles. The van der Waals surface area contributed by atoms with Crippen LogP contribution in [0.2, 0.25) is 0 Å². The minimum atomic E-state index is -0.279. The molecule has 0 aliphatic carbocycles. The van der Waals surface area contributed by atoms with Gasteiger partial charge in [0.25, 0.3) is 0 Å². The Bertz CT molecular complexity index is 500. The number of halogens is 1. The number of nitrogens with zero attached hydrogens (tertiary/aromatic N) is 5. The van der Waals surface area contributed by atoms with Crippen molar-refractivity contribution >= 4 is 6.01 Å². The van der Waals surface area contributed by atoms with E-state index in [2.05, 4.69) is 38.7 Å². The summed E-state index contributed by atoms with van der Waals surface area (Å²) >= 11 is 0. The maximum atomic E-state index is 12.6. The summed E-state index contributed by atoms with van der Waals surface area (Å²) in [5, 5.41) is 8.45. The van der Waals surface area contributed by atoms with Gasteiger partial charge in [-0.25, -0.2) is 4.39 Å². The van der Waals surface area contributed by atoms with Crippen LogP contribution in [-0.4, -0.2) is 71.5 Å². The van der Waals surface area contributed by atoms with Gasteiger partial charge in [0.1, 0.15) is 6.67 Å². The van der Waals surface area contributed by atoms with Crippen molar-refractivity contribution in [1.29, 1.82) is 0 Å². The van der Waals surface area contributed by atoms with Crippen LogP contribution in [0, 0.1) is 0 Å². The molecule has 2 aliphatic rings. The molecule has 0 saturated carbocycles. The molecule has 0 amide bonds. The van der Waals surface area contributed by atoms with Crippen molar-refractivity contribution in [1.82, 2.24) is 20.0 Å². The zero-order valence-electron chi connectivity index (χ0n) is 14.3. The van der Waals surface area contributed by atoms with Gasteiger partial charge in [0.15, 0.2) is 0 Å². The van der Waals surface area contributed by atoms with Crippen molar-refractivity contribution in [3.63, 3.8) is 0 Å². The van der Waals surface area contributed by atoms with Crippen molar-refractivity contribution in [2.24, 2.45) is 0 Å². The zero-order valence-corrected chi connectivity index (χ0v) is 14.3. The summed E-state index contributed by atoms with van der Waals surface area (Å²) in [6.45, 7) is 9.97. The lowest BCUT2D eigenvalue weighted by molar-refractivity contribution is 0.00672. The highest BCUT2D eigenvalue weighted by Gasteiger charge is 2.34. The van der Waals surface area contributed by atoms with Gasteiger partial charge in [-0.1, -0.05) is 5.10 Å². The molecule has 2 aliphatic heterocycles. The molecule has 6 nitrogen and oxygen atoms in total. The second kappa shape index (κ2) is 7.13. The molecule has 0 unspecified atom stereocenters. The van der Waals surface area contributed by atoms with Gasteiger partial charge in [-0.2, -0.15) is 0 Å². The molecule has 1 aromatic rings. The van der Waals surface area contributed by atoms with E-state index in [0.717, 1.165) is 32.7 Å². The molecule has 0 N–H and O–H groups in total. The number of anilines is 1. The first-order valence-electron chi connectivity index (χ1n) is 8.69. The predicted molar refractivity (Wildman–Crippen MR) is 87.3 cm³/mol. The maximum Gasteiger partial charge on any atom is 0.318 e. The standard InChI is InChI=1S/C16H28FN5O/c1-16(2)13-20(9-6-17)10-11-22(16)12-14-18-19-15(23-14)21-7-4-3-5-8-21/h3-13H2,1-2H3. The third-order valence-corrected chi connectivity index (χ3v) is 4.96. The first kappa shape index (κ1) is 16.6. The second-order valence-electron chi connectivity index (χ2n) is 7.23. The molecular formula is C16H28FN5O. The SMILES string of the molecule is CC1(C)CN(CCF)CCN1Cc1nnc(N2CCCCC2)o1. The summed E-state index contributed by atoms with van der Waals surface area (Å²) < 4.78 is 18.4. The highest BCUT2D eigenvalue weighted by atomic mass is 19.1. The average molecular weight is 325 g/mol. The Hall–Kier alpha value is -1.21. The maximum absolute atomic E-state index is 12.6. The van der Waals surface area contributed by atoms with Gasteiger partial charge in [0, 0.05) is 44.8 Å². The third-order valence-electron chi connectivity index (χ3n) is 4.96. The van der Waals surface area contributed by atoms with Crippen LogP contribution in [-0.2, 0) is 6.54 Å². The first-order valence-corrected chi connectivity index (χ1v) is 8.69. The fourth-order valence-corrected chi connectivity index (χ4v) is 3.58. The van der Waals surface area contributed by atoms with Gasteiger partial charge >= 0.3 is 6.01 Å². The van der Waals surface area contributed by atoms with E-state index in [9.17, 15) is 4.39 Å². The molecule has 0 spiro atoms. The molecule has 0 aromatic carbocycles. The van der Waals surface area contributed by atoms with Gasteiger partial charge in [0.05, 0.1) is 6.54 Å². The highest BCUT2D eigenvalue weighted by molar-refractivity contribution is 5.24. The van der Waals surface area contributed by atoms with Crippen molar-refractivity contribution in [2.45, 2.75) is 45.2 Å². The van der Waals surface area contributed by atoms with Crippen molar-refractivity contribution in [3.05, 3.63) is 5.89 Å². The number of rotatable bonds is 5. The fraction of sp³-hybridized carbons (Fsp3) is 0.875. The molecule has 130 valence electrons. The Morgan fingerprint density at radius 1 is 1.09 bits per heavy atom. The summed E-state index contributed by atoms with van der Waals surface area (Å²) in [6, 6.07) is 0.661. The van der Waals surface area contributed by atoms with E-state index in [1.54, 1.807) is 0 Å². The van der Waals surface area contributed by atoms with Gasteiger partial charge < -0.3 is 9.32 Å². The summed E-state index contributed by atoms with van der Waals surface area (Å²) in [6.07, 6.45) is 3.68. The van der Waals surface area contributed by atoms with Crippen LogP contribution in [0.25, 0.3) is 0 Å². The van der Waals surface area contributed by atoms with Gasteiger partial charge in [0.2, 0.25) is 5.89 Å². The number of piperidine rings is 1. The molecule has 3 heterocycles. The van der Waals surface area contributed by atoms with Gasteiger partial charge in [-0.3, -0.25) is 9.80 Å². The summed E-state index contributed by atoms with van der Waals surface area (Å²) in [7, 11) is 0. The molecule has 3 rings (SSSR count). The number of aromatic nitrogens is 2. The smallest absolute Gasteiger partial charge is 0.318 e. The molecule has 0 radical (unpaired) electrons. The molecule has 0 bridgehead atoms. The van der Waals surface area contributed by atoms with E-state index in [4.69, 9.17) is 4.42 Å². The van der Waals surface area contributed by atoms with Crippen molar-refractivity contribution in [3.8, 4) is 0 Å².